The number of aryl methyl sites for hydroxylation is 3. The van der Waals surface area contributed by atoms with Crippen LogP contribution in [0.4, 0.5) is 5.13 Å². The van der Waals surface area contributed by atoms with Gasteiger partial charge < -0.3 is 9.84 Å². The fraction of sp³-hybridized carbons (Fsp3) is 0.600. The Labute approximate surface area is 138 Å². The number of anilines is 1. The second-order valence-corrected chi connectivity index (χ2v) is 7.17. The number of carbonyl (C=O) groups excluding carboxylic acids is 1. The van der Waals surface area contributed by atoms with E-state index in [9.17, 15) is 4.79 Å². The van der Waals surface area contributed by atoms with Crippen LogP contribution in [0.2, 0.25) is 0 Å². The molecule has 0 unspecified atom stereocenters. The van der Waals surface area contributed by atoms with Crippen molar-refractivity contribution < 1.29 is 9.32 Å². The molecular formula is C15H19N5O2S. The summed E-state index contributed by atoms with van der Waals surface area (Å²) in [5.41, 5.74) is 1.16. The van der Waals surface area contributed by atoms with Gasteiger partial charge in [-0.2, -0.15) is 4.98 Å². The van der Waals surface area contributed by atoms with Crippen LogP contribution in [0.3, 0.4) is 0 Å². The number of hydrogen-bond donors (Lipinski definition) is 1. The van der Waals surface area contributed by atoms with Crippen molar-refractivity contribution >= 4 is 22.4 Å². The lowest BCUT2D eigenvalue weighted by atomic mass is 10.2. The maximum absolute atomic E-state index is 12.3. The molecule has 122 valence electrons. The molecule has 1 N–H and O–H groups in total. The van der Waals surface area contributed by atoms with Gasteiger partial charge in [-0.1, -0.05) is 5.16 Å². The second kappa shape index (κ2) is 6.01. The molecule has 4 rings (SSSR count). The lowest BCUT2D eigenvalue weighted by Crippen LogP contribution is -2.33. The van der Waals surface area contributed by atoms with Gasteiger partial charge in [0.1, 0.15) is 0 Å². The third kappa shape index (κ3) is 3.00. The van der Waals surface area contributed by atoms with Gasteiger partial charge >= 0.3 is 0 Å². The molecule has 1 amide bonds. The predicted molar refractivity (Wildman–Crippen MR) is 85.4 cm³/mol. The molecule has 0 saturated carbocycles. The third-order valence-electron chi connectivity index (χ3n) is 4.39. The minimum absolute atomic E-state index is 0.0236. The van der Waals surface area contributed by atoms with Crippen LogP contribution in [0.1, 0.15) is 47.6 Å². The number of thiazole rings is 1. The molecule has 23 heavy (non-hydrogen) atoms. The van der Waals surface area contributed by atoms with E-state index in [1.54, 1.807) is 18.3 Å². The number of nitrogens with zero attached hydrogens (tertiary/aromatic N) is 4. The van der Waals surface area contributed by atoms with Crippen molar-refractivity contribution in [3.63, 3.8) is 0 Å². The summed E-state index contributed by atoms with van der Waals surface area (Å²) < 4.78 is 5.06. The molecule has 1 aliphatic carbocycles. The zero-order valence-electron chi connectivity index (χ0n) is 13.0. The van der Waals surface area contributed by atoms with E-state index in [-0.39, 0.29) is 11.9 Å². The van der Waals surface area contributed by atoms with Crippen LogP contribution in [-0.4, -0.2) is 39.0 Å². The zero-order valence-corrected chi connectivity index (χ0v) is 13.9. The fourth-order valence-corrected chi connectivity index (χ4v) is 4.41. The molecule has 1 fully saturated rings. The van der Waals surface area contributed by atoms with E-state index in [4.69, 9.17) is 4.52 Å². The number of fused-ring (bicyclic) bond motifs is 1. The maximum atomic E-state index is 12.3. The van der Waals surface area contributed by atoms with Gasteiger partial charge in [0.25, 0.3) is 0 Å². The van der Waals surface area contributed by atoms with Crippen LogP contribution in [0.25, 0.3) is 0 Å². The lowest BCUT2D eigenvalue weighted by molar-refractivity contribution is -0.117. The first-order valence-corrected chi connectivity index (χ1v) is 8.83. The highest BCUT2D eigenvalue weighted by atomic mass is 32.1. The van der Waals surface area contributed by atoms with Gasteiger partial charge in [0.15, 0.2) is 11.0 Å². The van der Waals surface area contributed by atoms with Crippen molar-refractivity contribution in [2.75, 3.05) is 18.4 Å². The van der Waals surface area contributed by atoms with Crippen molar-refractivity contribution in [3.8, 4) is 0 Å². The summed E-state index contributed by atoms with van der Waals surface area (Å²) in [4.78, 5) is 24.6. The highest BCUT2D eigenvalue weighted by Crippen LogP contribution is 2.31. The maximum Gasteiger partial charge on any atom is 0.240 e. The Balaban J connectivity index is 1.39. The van der Waals surface area contributed by atoms with E-state index < -0.39 is 0 Å². The molecule has 0 radical (unpaired) electrons. The van der Waals surface area contributed by atoms with Crippen molar-refractivity contribution in [3.05, 3.63) is 22.3 Å². The highest BCUT2D eigenvalue weighted by molar-refractivity contribution is 7.15. The molecule has 2 aromatic heterocycles. The molecule has 7 nitrogen and oxygen atoms in total. The number of nitrogens with one attached hydrogen (secondary N) is 1. The minimum Gasteiger partial charge on any atom is -0.340 e. The molecule has 0 spiro atoms. The van der Waals surface area contributed by atoms with Crippen LogP contribution in [0, 0.1) is 6.92 Å². The normalized spacial score (nSPS) is 20.8. The van der Waals surface area contributed by atoms with Crippen LogP contribution < -0.4 is 5.32 Å². The van der Waals surface area contributed by atoms with Crippen molar-refractivity contribution in [2.45, 2.75) is 45.1 Å². The lowest BCUT2D eigenvalue weighted by Gasteiger charge is -2.20. The summed E-state index contributed by atoms with van der Waals surface area (Å²) in [5.74, 6) is 1.22. The van der Waals surface area contributed by atoms with Crippen LogP contribution in [-0.2, 0) is 17.6 Å². The van der Waals surface area contributed by atoms with Gasteiger partial charge in [0, 0.05) is 11.8 Å². The summed E-state index contributed by atoms with van der Waals surface area (Å²) >= 11 is 1.61. The Morgan fingerprint density at radius 3 is 3.09 bits per heavy atom. The van der Waals surface area contributed by atoms with E-state index in [1.807, 2.05) is 0 Å². The summed E-state index contributed by atoms with van der Waals surface area (Å²) in [6.45, 7) is 2.99. The minimum atomic E-state index is -0.0236. The van der Waals surface area contributed by atoms with E-state index >= 15 is 0 Å². The quantitative estimate of drug-likeness (QED) is 0.922. The summed E-state index contributed by atoms with van der Waals surface area (Å²) in [5, 5.41) is 7.67. The predicted octanol–water partition coefficient (Wildman–Crippen LogP) is 2.10. The highest BCUT2D eigenvalue weighted by Gasteiger charge is 2.31. The van der Waals surface area contributed by atoms with Crippen LogP contribution >= 0.6 is 11.3 Å². The Bertz CT molecular complexity index is 704. The number of hydrogen-bond acceptors (Lipinski definition) is 7. The Kier molecular flexibility index (Phi) is 3.86. The summed E-state index contributed by atoms with van der Waals surface area (Å²) in [7, 11) is 0. The number of aromatic nitrogens is 3. The Morgan fingerprint density at radius 1 is 1.39 bits per heavy atom. The molecule has 1 saturated heterocycles. The van der Waals surface area contributed by atoms with E-state index in [2.05, 4.69) is 25.3 Å². The number of amides is 1. The fourth-order valence-electron chi connectivity index (χ4n) is 3.35. The number of rotatable bonds is 4. The molecule has 2 aliphatic rings. The molecule has 0 aromatic carbocycles. The molecule has 1 aliphatic heterocycles. The summed E-state index contributed by atoms with van der Waals surface area (Å²) in [6.07, 6.45) is 5.30. The number of likely N-dealkylation sites (tertiary alicyclic amines) is 1. The van der Waals surface area contributed by atoms with Gasteiger partial charge in [-0.05, 0) is 38.6 Å². The average Bonchev–Trinajstić information content (AvgIpc) is 3.22. The Hall–Kier alpha value is -1.80. The molecule has 2 aromatic rings. The van der Waals surface area contributed by atoms with E-state index in [1.165, 1.54) is 11.3 Å². The standard InChI is InChI=1S/C15H19N5O2S/c1-9-16-14(19-22-9)11-5-3-7-20(11)8-13(21)18-15-17-10-4-2-6-12(10)23-15/h11H,2-8H2,1H3,(H,17,18,21)/t11-/m1/s1. The molecule has 0 bridgehead atoms. The average molecular weight is 333 g/mol. The smallest absolute Gasteiger partial charge is 0.240 e. The summed E-state index contributed by atoms with van der Waals surface area (Å²) in [6, 6.07) is 0.0690. The van der Waals surface area contributed by atoms with E-state index in [0.717, 1.165) is 43.1 Å². The zero-order chi connectivity index (χ0) is 15.8. The first-order chi connectivity index (χ1) is 11.2. The Morgan fingerprint density at radius 2 is 2.30 bits per heavy atom. The molecular weight excluding hydrogens is 314 g/mol. The topological polar surface area (TPSA) is 84.2 Å². The second-order valence-electron chi connectivity index (χ2n) is 6.09. The van der Waals surface area contributed by atoms with Crippen LogP contribution in [0.15, 0.2) is 4.52 Å². The van der Waals surface area contributed by atoms with Gasteiger partial charge in [0.05, 0.1) is 18.3 Å². The van der Waals surface area contributed by atoms with Crippen molar-refractivity contribution in [1.29, 1.82) is 0 Å². The third-order valence-corrected chi connectivity index (χ3v) is 5.47. The molecule has 3 heterocycles. The van der Waals surface area contributed by atoms with Gasteiger partial charge in [-0.25, -0.2) is 4.98 Å². The monoisotopic (exact) mass is 333 g/mol. The van der Waals surface area contributed by atoms with Crippen LogP contribution in [0.5, 0.6) is 0 Å². The first-order valence-electron chi connectivity index (χ1n) is 8.02. The van der Waals surface area contributed by atoms with Gasteiger partial charge in [-0.3, -0.25) is 9.69 Å². The van der Waals surface area contributed by atoms with Crippen molar-refractivity contribution in [1.82, 2.24) is 20.0 Å². The van der Waals surface area contributed by atoms with Crippen molar-refractivity contribution in [2.24, 2.45) is 0 Å². The molecule has 1 atom stereocenters. The first kappa shape index (κ1) is 14.8. The van der Waals surface area contributed by atoms with Gasteiger partial charge in [0.2, 0.25) is 11.8 Å². The largest absolute Gasteiger partial charge is 0.340 e. The van der Waals surface area contributed by atoms with Gasteiger partial charge in [-0.15, -0.1) is 11.3 Å². The SMILES string of the molecule is Cc1nc([C@H]2CCCN2CC(=O)Nc2nc3c(s2)CCC3)no1. The number of carbonyl (C=O) groups is 1. The van der Waals surface area contributed by atoms with E-state index in [0.29, 0.717) is 18.3 Å². The molecule has 8 heteroatoms.